The van der Waals surface area contributed by atoms with E-state index in [1.807, 2.05) is 0 Å². The number of methoxy groups -OCH3 is 1. The molecule has 82 valence electrons. The molecule has 0 aromatic heterocycles. The number of aliphatic hydroxyl groups is 1. The topological polar surface area (TPSA) is 92.8 Å². The van der Waals surface area contributed by atoms with Crippen molar-refractivity contribution in [1.82, 2.24) is 0 Å². The fourth-order valence-corrected chi connectivity index (χ4v) is 1.14. The molecule has 0 bridgehead atoms. The van der Waals surface area contributed by atoms with Crippen molar-refractivity contribution in [3.05, 3.63) is 29.8 Å². The van der Waals surface area contributed by atoms with Crippen molar-refractivity contribution in [2.24, 2.45) is 5.73 Å². The monoisotopic (exact) mass is 211 g/mol. The first-order valence-corrected chi connectivity index (χ1v) is 4.36. The molecule has 0 saturated heterocycles. The van der Waals surface area contributed by atoms with Gasteiger partial charge in [-0.3, -0.25) is 4.79 Å². The fraction of sp³-hybridized carbons (Fsp3) is 0.300. The maximum absolute atomic E-state index is 10.5. The second-order valence-corrected chi connectivity index (χ2v) is 3.08. The van der Waals surface area contributed by atoms with E-state index < -0.39 is 18.1 Å². The van der Waals surface area contributed by atoms with Crippen molar-refractivity contribution in [2.75, 3.05) is 7.11 Å². The number of ether oxygens (including phenoxy) is 1. The Hall–Kier alpha value is -1.59. The molecule has 0 heterocycles. The number of nitrogens with two attached hydrogens (primary N) is 1. The van der Waals surface area contributed by atoms with Gasteiger partial charge in [0.2, 0.25) is 0 Å². The van der Waals surface area contributed by atoms with Gasteiger partial charge >= 0.3 is 5.97 Å². The quantitative estimate of drug-likeness (QED) is 0.658. The van der Waals surface area contributed by atoms with Crippen molar-refractivity contribution in [2.45, 2.75) is 12.1 Å². The third kappa shape index (κ3) is 2.68. The zero-order chi connectivity index (χ0) is 11.4. The zero-order valence-corrected chi connectivity index (χ0v) is 8.25. The molecule has 0 unspecified atom stereocenters. The molecule has 4 N–H and O–H groups in total. The van der Waals surface area contributed by atoms with Crippen LogP contribution in [0, 0.1) is 0 Å². The van der Waals surface area contributed by atoms with E-state index in [0.29, 0.717) is 11.3 Å². The van der Waals surface area contributed by atoms with Crippen LogP contribution in [0.15, 0.2) is 24.3 Å². The molecule has 15 heavy (non-hydrogen) atoms. The minimum absolute atomic E-state index is 0.450. The predicted molar refractivity (Wildman–Crippen MR) is 53.6 cm³/mol. The molecule has 0 radical (unpaired) electrons. The second-order valence-electron chi connectivity index (χ2n) is 3.08. The van der Waals surface area contributed by atoms with Crippen LogP contribution in [0.4, 0.5) is 0 Å². The van der Waals surface area contributed by atoms with Gasteiger partial charge in [-0.05, 0) is 17.7 Å². The minimum Gasteiger partial charge on any atom is -0.497 e. The number of hydrogen-bond acceptors (Lipinski definition) is 4. The molecule has 1 rings (SSSR count). The van der Waals surface area contributed by atoms with Crippen LogP contribution in [-0.2, 0) is 4.79 Å². The maximum Gasteiger partial charge on any atom is 0.323 e. The first-order valence-electron chi connectivity index (χ1n) is 4.36. The Kier molecular flexibility index (Phi) is 3.65. The van der Waals surface area contributed by atoms with Gasteiger partial charge < -0.3 is 20.7 Å². The number of benzene rings is 1. The van der Waals surface area contributed by atoms with Gasteiger partial charge in [0, 0.05) is 0 Å². The zero-order valence-electron chi connectivity index (χ0n) is 8.25. The van der Waals surface area contributed by atoms with Gasteiger partial charge in [0.05, 0.1) is 7.11 Å². The lowest BCUT2D eigenvalue weighted by atomic mass is 10.0. The molecule has 1 aromatic carbocycles. The number of carbonyl (C=O) groups is 1. The van der Waals surface area contributed by atoms with Gasteiger partial charge in [-0.25, -0.2) is 0 Å². The largest absolute Gasteiger partial charge is 0.497 e. The maximum atomic E-state index is 10.5. The van der Waals surface area contributed by atoms with Crippen molar-refractivity contribution in [3.8, 4) is 5.75 Å². The van der Waals surface area contributed by atoms with Crippen LogP contribution in [0.2, 0.25) is 0 Å². The highest BCUT2D eigenvalue weighted by molar-refractivity contribution is 5.74. The molecular weight excluding hydrogens is 198 g/mol. The Morgan fingerprint density at radius 1 is 1.40 bits per heavy atom. The normalized spacial score (nSPS) is 14.3. The summed E-state index contributed by atoms with van der Waals surface area (Å²) in [5.74, 6) is -0.604. The van der Waals surface area contributed by atoms with Gasteiger partial charge in [-0.2, -0.15) is 0 Å². The summed E-state index contributed by atoms with van der Waals surface area (Å²) in [4.78, 5) is 10.5. The van der Waals surface area contributed by atoms with E-state index in [-0.39, 0.29) is 0 Å². The number of carboxylic acids is 1. The SMILES string of the molecule is COc1ccc([C@@H](O)[C@@H](N)C(=O)O)cc1. The minimum atomic E-state index is -1.32. The second kappa shape index (κ2) is 4.77. The summed E-state index contributed by atoms with van der Waals surface area (Å²) in [5.41, 5.74) is 5.73. The van der Waals surface area contributed by atoms with Gasteiger partial charge in [-0.15, -0.1) is 0 Å². The molecule has 2 atom stereocenters. The van der Waals surface area contributed by atoms with Crippen LogP contribution < -0.4 is 10.5 Å². The van der Waals surface area contributed by atoms with E-state index in [9.17, 15) is 9.90 Å². The first-order chi connectivity index (χ1) is 7.06. The van der Waals surface area contributed by atoms with Gasteiger partial charge in [0.1, 0.15) is 17.9 Å². The summed E-state index contributed by atoms with van der Waals surface area (Å²) < 4.78 is 4.93. The first kappa shape index (κ1) is 11.5. The molecule has 0 aliphatic rings. The van der Waals surface area contributed by atoms with Crippen molar-refractivity contribution >= 4 is 5.97 Å². The molecular formula is C10H13NO4. The van der Waals surface area contributed by atoms with Crippen LogP contribution in [0.3, 0.4) is 0 Å². The summed E-state index contributed by atoms with van der Waals surface area (Å²) in [6, 6.07) is 5.09. The Morgan fingerprint density at radius 3 is 2.33 bits per heavy atom. The van der Waals surface area contributed by atoms with Crippen molar-refractivity contribution in [3.63, 3.8) is 0 Å². The Balaban J connectivity index is 2.82. The lowest BCUT2D eigenvalue weighted by Gasteiger charge is -2.15. The predicted octanol–water partition coefficient (Wildman–Crippen LogP) is 0.140. The average molecular weight is 211 g/mol. The van der Waals surface area contributed by atoms with Gasteiger partial charge in [0.25, 0.3) is 0 Å². The smallest absolute Gasteiger partial charge is 0.323 e. The molecule has 1 aromatic rings. The summed E-state index contributed by atoms with van der Waals surface area (Å²) in [5, 5.41) is 18.2. The third-order valence-corrected chi connectivity index (χ3v) is 2.08. The third-order valence-electron chi connectivity index (χ3n) is 2.08. The molecule has 0 aliphatic carbocycles. The highest BCUT2D eigenvalue weighted by Gasteiger charge is 2.23. The number of aliphatic carboxylic acids is 1. The number of rotatable bonds is 4. The Bertz CT molecular complexity index is 336. The lowest BCUT2D eigenvalue weighted by molar-refractivity contribution is -0.141. The number of aliphatic hydroxyl groups excluding tert-OH is 1. The van der Waals surface area contributed by atoms with Crippen LogP contribution in [0.1, 0.15) is 11.7 Å². The van der Waals surface area contributed by atoms with E-state index in [2.05, 4.69) is 0 Å². The summed E-state index contributed by atoms with van der Waals surface area (Å²) in [6.07, 6.45) is -1.21. The highest BCUT2D eigenvalue weighted by atomic mass is 16.5. The Labute approximate surface area is 87.1 Å². The molecule has 0 aliphatic heterocycles. The van der Waals surface area contributed by atoms with E-state index in [4.69, 9.17) is 15.6 Å². The molecule has 0 amide bonds. The molecule has 0 fully saturated rings. The van der Waals surface area contributed by atoms with Crippen molar-refractivity contribution in [1.29, 1.82) is 0 Å². The average Bonchev–Trinajstić information content (AvgIpc) is 2.27. The number of hydrogen-bond donors (Lipinski definition) is 3. The fourth-order valence-electron chi connectivity index (χ4n) is 1.14. The van der Waals surface area contributed by atoms with Gasteiger partial charge in [-0.1, -0.05) is 12.1 Å². The van der Waals surface area contributed by atoms with Crippen molar-refractivity contribution < 1.29 is 19.7 Å². The molecule has 5 nitrogen and oxygen atoms in total. The van der Waals surface area contributed by atoms with Crippen LogP contribution in [0.25, 0.3) is 0 Å². The van der Waals surface area contributed by atoms with E-state index in [1.165, 1.54) is 7.11 Å². The highest BCUT2D eigenvalue weighted by Crippen LogP contribution is 2.19. The molecule has 0 spiro atoms. The van der Waals surface area contributed by atoms with Crippen LogP contribution in [-0.4, -0.2) is 29.3 Å². The summed E-state index contributed by atoms with van der Waals surface area (Å²) >= 11 is 0. The van der Waals surface area contributed by atoms with Crippen LogP contribution in [0.5, 0.6) is 5.75 Å². The summed E-state index contributed by atoms with van der Waals surface area (Å²) in [6.45, 7) is 0. The molecule has 5 heteroatoms. The molecule has 0 saturated carbocycles. The van der Waals surface area contributed by atoms with E-state index in [0.717, 1.165) is 0 Å². The van der Waals surface area contributed by atoms with Gasteiger partial charge in [0.15, 0.2) is 0 Å². The van der Waals surface area contributed by atoms with Crippen LogP contribution >= 0.6 is 0 Å². The van der Waals surface area contributed by atoms with E-state index >= 15 is 0 Å². The summed E-state index contributed by atoms with van der Waals surface area (Å²) in [7, 11) is 1.52. The standard InChI is InChI=1S/C10H13NO4/c1-15-7-4-2-6(3-5-7)9(12)8(11)10(13)14/h2-5,8-9,12H,11H2,1H3,(H,13,14)/t8-,9-/m1/s1. The van der Waals surface area contributed by atoms with E-state index in [1.54, 1.807) is 24.3 Å². The lowest BCUT2D eigenvalue weighted by Crippen LogP contribution is -2.36. The number of carboxylic acid groups (broad SMARTS) is 1. The Morgan fingerprint density at radius 2 is 1.93 bits per heavy atom.